The second-order valence-corrected chi connectivity index (χ2v) is 3.73. The normalized spacial score (nSPS) is 10.4. The van der Waals surface area contributed by atoms with E-state index in [0.717, 1.165) is 22.5 Å². The fourth-order valence-electron chi connectivity index (χ4n) is 1.85. The molecule has 2 aromatic heterocycles. The quantitative estimate of drug-likeness (QED) is 0.722. The van der Waals surface area contributed by atoms with Crippen molar-refractivity contribution in [3.8, 4) is 22.5 Å². The number of nitrogens with one attached hydrogen (secondary N) is 1. The first-order valence-electron chi connectivity index (χ1n) is 5.44. The highest BCUT2D eigenvalue weighted by Crippen LogP contribution is 2.27. The molecule has 3 aromatic rings. The smallest absolute Gasteiger partial charge is 0.0962 e. The van der Waals surface area contributed by atoms with E-state index >= 15 is 0 Å². The third-order valence-electron chi connectivity index (χ3n) is 2.66. The van der Waals surface area contributed by atoms with Crippen molar-refractivity contribution in [1.29, 1.82) is 0 Å². The van der Waals surface area contributed by atoms with Crippen molar-refractivity contribution >= 4 is 0 Å². The number of rotatable bonds is 2. The number of hydrogen-bond donors (Lipinski definition) is 1. The van der Waals surface area contributed by atoms with Gasteiger partial charge in [0.15, 0.2) is 0 Å². The molecular weight excluding hydrogens is 210 g/mol. The third kappa shape index (κ3) is 1.83. The van der Waals surface area contributed by atoms with Crippen molar-refractivity contribution in [1.82, 2.24) is 15.0 Å². The van der Waals surface area contributed by atoms with Crippen LogP contribution in [0.1, 0.15) is 0 Å². The predicted molar refractivity (Wildman–Crippen MR) is 67.3 cm³/mol. The second kappa shape index (κ2) is 4.22. The van der Waals surface area contributed by atoms with Crippen LogP contribution in [0.15, 0.2) is 61.2 Å². The monoisotopic (exact) mass is 221 g/mol. The lowest BCUT2D eigenvalue weighted by molar-refractivity contribution is 1.30. The first-order chi connectivity index (χ1) is 8.45. The molecule has 0 amide bonds. The summed E-state index contributed by atoms with van der Waals surface area (Å²) in [7, 11) is 0. The zero-order valence-electron chi connectivity index (χ0n) is 9.17. The molecule has 82 valence electrons. The van der Waals surface area contributed by atoms with E-state index in [-0.39, 0.29) is 0 Å². The Kier molecular flexibility index (Phi) is 2.43. The van der Waals surface area contributed by atoms with Crippen LogP contribution in [0.4, 0.5) is 0 Å². The molecule has 3 heteroatoms. The summed E-state index contributed by atoms with van der Waals surface area (Å²) in [4.78, 5) is 11.6. The minimum Gasteiger partial charge on any atom is -0.344 e. The molecule has 0 saturated carbocycles. The third-order valence-corrected chi connectivity index (χ3v) is 2.66. The number of benzene rings is 1. The standard InChI is InChI=1S/C14H11N3/c1-2-4-11(5-3-1)13-14(17-10-16-13)12-6-8-15-9-7-12/h1-10H,(H,16,17). The van der Waals surface area contributed by atoms with Crippen molar-refractivity contribution in [2.75, 3.05) is 0 Å². The molecule has 0 fully saturated rings. The maximum atomic E-state index is 4.38. The van der Waals surface area contributed by atoms with E-state index in [9.17, 15) is 0 Å². The maximum Gasteiger partial charge on any atom is 0.0962 e. The highest BCUT2D eigenvalue weighted by Gasteiger charge is 2.09. The molecule has 0 aliphatic heterocycles. The van der Waals surface area contributed by atoms with Crippen LogP contribution in [0, 0.1) is 0 Å². The molecule has 0 saturated heterocycles. The van der Waals surface area contributed by atoms with Crippen LogP contribution in [-0.2, 0) is 0 Å². The number of H-pyrrole nitrogens is 1. The van der Waals surface area contributed by atoms with E-state index in [0.29, 0.717) is 0 Å². The van der Waals surface area contributed by atoms with Crippen molar-refractivity contribution in [2.24, 2.45) is 0 Å². The SMILES string of the molecule is c1ccc(-c2[nH]cnc2-c2ccncc2)cc1. The molecule has 0 aliphatic rings. The van der Waals surface area contributed by atoms with Gasteiger partial charge in [0.1, 0.15) is 0 Å². The fraction of sp³-hybridized carbons (Fsp3) is 0. The average Bonchev–Trinajstić information content (AvgIpc) is 2.90. The Hall–Kier alpha value is -2.42. The van der Waals surface area contributed by atoms with Gasteiger partial charge in [-0.2, -0.15) is 0 Å². The van der Waals surface area contributed by atoms with Crippen LogP contribution in [0.25, 0.3) is 22.5 Å². The summed E-state index contributed by atoms with van der Waals surface area (Å²) in [5, 5.41) is 0. The van der Waals surface area contributed by atoms with E-state index < -0.39 is 0 Å². The summed E-state index contributed by atoms with van der Waals surface area (Å²) >= 11 is 0. The second-order valence-electron chi connectivity index (χ2n) is 3.73. The lowest BCUT2D eigenvalue weighted by Gasteiger charge is -2.02. The Balaban J connectivity index is 2.13. The van der Waals surface area contributed by atoms with Gasteiger partial charge in [0, 0.05) is 23.5 Å². The summed E-state index contributed by atoms with van der Waals surface area (Å²) in [6.07, 6.45) is 5.27. The molecule has 2 heterocycles. The molecule has 0 radical (unpaired) electrons. The molecule has 0 atom stereocenters. The summed E-state index contributed by atoms with van der Waals surface area (Å²) < 4.78 is 0. The highest BCUT2D eigenvalue weighted by atomic mass is 14.9. The lowest BCUT2D eigenvalue weighted by Crippen LogP contribution is -1.83. The first-order valence-corrected chi connectivity index (χ1v) is 5.44. The number of aromatic amines is 1. The van der Waals surface area contributed by atoms with Gasteiger partial charge in [-0.25, -0.2) is 4.98 Å². The number of pyridine rings is 1. The predicted octanol–water partition coefficient (Wildman–Crippen LogP) is 3.14. The molecule has 0 unspecified atom stereocenters. The molecular formula is C14H11N3. The van der Waals surface area contributed by atoms with Crippen molar-refractivity contribution in [3.05, 3.63) is 61.2 Å². The van der Waals surface area contributed by atoms with Gasteiger partial charge < -0.3 is 4.98 Å². The van der Waals surface area contributed by atoms with E-state index in [1.54, 1.807) is 18.7 Å². The molecule has 0 aliphatic carbocycles. The largest absolute Gasteiger partial charge is 0.344 e. The molecule has 1 N–H and O–H groups in total. The van der Waals surface area contributed by atoms with Gasteiger partial charge in [0.2, 0.25) is 0 Å². The van der Waals surface area contributed by atoms with E-state index in [4.69, 9.17) is 0 Å². The molecule has 0 spiro atoms. The van der Waals surface area contributed by atoms with Crippen molar-refractivity contribution in [2.45, 2.75) is 0 Å². The molecule has 1 aromatic carbocycles. The van der Waals surface area contributed by atoms with Crippen LogP contribution < -0.4 is 0 Å². The van der Waals surface area contributed by atoms with Gasteiger partial charge in [0.05, 0.1) is 17.7 Å². The van der Waals surface area contributed by atoms with Gasteiger partial charge in [-0.3, -0.25) is 4.98 Å². The van der Waals surface area contributed by atoms with Gasteiger partial charge >= 0.3 is 0 Å². The van der Waals surface area contributed by atoms with Gasteiger partial charge in [-0.15, -0.1) is 0 Å². The number of hydrogen-bond acceptors (Lipinski definition) is 2. The average molecular weight is 221 g/mol. The van der Waals surface area contributed by atoms with E-state index in [1.165, 1.54) is 0 Å². The Labute approximate surface area is 99.2 Å². The topological polar surface area (TPSA) is 41.6 Å². The van der Waals surface area contributed by atoms with Crippen LogP contribution in [0.2, 0.25) is 0 Å². The molecule has 3 nitrogen and oxygen atoms in total. The lowest BCUT2D eigenvalue weighted by atomic mass is 10.1. The van der Waals surface area contributed by atoms with Crippen LogP contribution >= 0.6 is 0 Å². The zero-order chi connectivity index (χ0) is 11.5. The number of aromatic nitrogens is 3. The van der Waals surface area contributed by atoms with Gasteiger partial charge in [-0.05, 0) is 12.1 Å². The highest BCUT2D eigenvalue weighted by molar-refractivity contribution is 5.77. The van der Waals surface area contributed by atoms with Crippen molar-refractivity contribution in [3.63, 3.8) is 0 Å². The first kappa shape index (κ1) is 9.78. The summed E-state index contributed by atoms with van der Waals surface area (Å²) in [5.41, 5.74) is 4.20. The Bertz CT molecular complexity index is 546. The minimum absolute atomic E-state index is 0.957. The zero-order valence-corrected chi connectivity index (χ0v) is 9.17. The summed E-state index contributed by atoms with van der Waals surface area (Å²) in [6, 6.07) is 14.1. The maximum absolute atomic E-state index is 4.38. The van der Waals surface area contributed by atoms with Gasteiger partial charge in [0.25, 0.3) is 0 Å². The molecule has 3 rings (SSSR count). The van der Waals surface area contributed by atoms with Crippen LogP contribution in [0.3, 0.4) is 0 Å². The Morgan fingerprint density at radius 1 is 0.824 bits per heavy atom. The number of imidazole rings is 1. The molecule has 17 heavy (non-hydrogen) atoms. The fourth-order valence-corrected chi connectivity index (χ4v) is 1.85. The summed E-state index contributed by atoms with van der Waals surface area (Å²) in [5.74, 6) is 0. The Morgan fingerprint density at radius 3 is 2.35 bits per heavy atom. The minimum atomic E-state index is 0.957. The van der Waals surface area contributed by atoms with E-state index in [1.807, 2.05) is 30.3 Å². The van der Waals surface area contributed by atoms with Crippen molar-refractivity contribution < 1.29 is 0 Å². The Morgan fingerprint density at radius 2 is 1.59 bits per heavy atom. The summed E-state index contributed by atoms with van der Waals surface area (Å²) in [6.45, 7) is 0. The van der Waals surface area contributed by atoms with Crippen LogP contribution in [-0.4, -0.2) is 15.0 Å². The number of nitrogens with zero attached hydrogens (tertiary/aromatic N) is 2. The van der Waals surface area contributed by atoms with Crippen LogP contribution in [0.5, 0.6) is 0 Å². The van der Waals surface area contributed by atoms with Gasteiger partial charge in [-0.1, -0.05) is 30.3 Å². The molecule has 0 bridgehead atoms. The van der Waals surface area contributed by atoms with E-state index in [2.05, 4.69) is 27.1 Å².